The Morgan fingerprint density at radius 1 is 1.57 bits per heavy atom. The minimum absolute atomic E-state index is 0.0101. The van der Waals surface area contributed by atoms with Crippen molar-refractivity contribution in [2.75, 3.05) is 13.3 Å². The molecule has 2 nitrogen and oxygen atoms in total. The van der Waals surface area contributed by atoms with Crippen molar-refractivity contribution in [3.05, 3.63) is 28.2 Å². The molecular formula is C10H12BrFO2. The van der Waals surface area contributed by atoms with Crippen LogP contribution >= 0.6 is 15.9 Å². The van der Waals surface area contributed by atoms with Crippen LogP contribution in [0.4, 0.5) is 4.39 Å². The second-order valence-electron chi connectivity index (χ2n) is 2.90. The van der Waals surface area contributed by atoms with Gasteiger partial charge in [0.25, 0.3) is 0 Å². The smallest absolute Gasteiger partial charge is 0.126 e. The molecule has 0 bridgehead atoms. The minimum Gasteiger partial charge on any atom is -0.490 e. The van der Waals surface area contributed by atoms with Gasteiger partial charge < -0.3 is 9.84 Å². The number of halogens is 2. The molecule has 0 heterocycles. The number of alkyl halides is 1. The van der Waals surface area contributed by atoms with Crippen LogP contribution in [0.15, 0.2) is 22.7 Å². The van der Waals surface area contributed by atoms with Crippen molar-refractivity contribution in [2.24, 2.45) is 0 Å². The molecule has 0 fully saturated rings. The molecule has 0 aliphatic rings. The molecule has 0 aliphatic carbocycles. The molecule has 4 heteroatoms. The largest absolute Gasteiger partial charge is 0.490 e. The van der Waals surface area contributed by atoms with Crippen LogP contribution in [0.1, 0.15) is 18.6 Å². The molecular weight excluding hydrogens is 251 g/mol. The number of ether oxygens (including phenoxy) is 1. The van der Waals surface area contributed by atoms with E-state index in [0.717, 1.165) is 4.47 Å². The van der Waals surface area contributed by atoms with Crippen molar-refractivity contribution < 1.29 is 14.2 Å². The normalized spacial score (nSPS) is 12.6. The summed E-state index contributed by atoms with van der Waals surface area (Å²) in [5, 5.41) is 9.41. The van der Waals surface area contributed by atoms with E-state index in [2.05, 4.69) is 15.9 Å². The third-order valence-corrected chi connectivity index (χ3v) is 2.25. The van der Waals surface area contributed by atoms with Crippen molar-refractivity contribution in [2.45, 2.75) is 13.0 Å². The molecule has 1 N–H and O–H groups in total. The molecule has 14 heavy (non-hydrogen) atoms. The van der Waals surface area contributed by atoms with Gasteiger partial charge in [-0.1, -0.05) is 22.0 Å². The molecule has 1 rings (SSSR count). The monoisotopic (exact) mass is 262 g/mol. The van der Waals surface area contributed by atoms with Crippen LogP contribution in [-0.4, -0.2) is 18.4 Å². The van der Waals surface area contributed by atoms with Crippen molar-refractivity contribution in [1.29, 1.82) is 0 Å². The van der Waals surface area contributed by atoms with Gasteiger partial charge in [-0.3, -0.25) is 0 Å². The zero-order chi connectivity index (χ0) is 10.6. The predicted molar refractivity (Wildman–Crippen MR) is 56.2 cm³/mol. The SMILES string of the molecule is CC(O)c1ccc(Br)cc1OCCF. The number of rotatable bonds is 4. The Bertz CT molecular complexity index is 302. The van der Waals surface area contributed by atoms with E-state index < -0.39 is 12.8 Å². The lowest BCUT2D eigenvalue weighted by Gasteiger charge is -2.12. The molecule has 0 saturated carbocycles. The lowest BCUT2D eigenvalue weighted by molar-refractivity contribution is 0.189. The molecule has 1 unspecified atom stereocenters. The second kappa shape index (κ2) is 5.32. The summed E-state index contributed by atoms with van der Waals surface area (Å²) in [4.78, 5) is 0. The summed E-state index contributed by atoms with van der Waals surface area (Å²) in [6, 6.07) is 5.28. The molecule has 0 saturated heterocycles. The summed E-state index contributed by atoms with van der Waals surface area (Å²) in [5.74, 6) is 0.520. The third kappa shape index (κ3) is 2.96. The lowest BCUT2D eigenvalue weighted by atomic mass is 10.1. The van der Waals surface area contributed by atoms with Crippen LogP contribution in [0.5, 0.6) is 5.75 Å². The molecule has 0 spiro atoms. The van der Waals surface area contributed by atoms with E-state index in [4.69, 9.17) is 4.74 Å². The zero-order valence-electron chi connectivity index (χ0n) is 7.84. The van der Waals surface area contributed by atoms with E-state index in [1.165, 1.54) is 0 Å². The highest BCUT2D eigenvalue weighted by atomic mass is 79.9. The first kappa shape index (κ1) is 11.5. The molecule has 1 aromatic carbocycles. The quantitative estimate of drug-likeness (QED) is 0.905. The first-order valence-corrected chi connectivity index (χ1v) is 5.10. The summed E-state index contributed by atoms with van der Waals surface area (Å²) in [6.45, 7) is 1.12. The van der Waals surface area contributed by atoms with Gasteiger partial charge in [0.05, 0.1) is 6.10 Å². The number of aliphatic hydroxyl groups excluding tert-OH is 1. The summed E-state index contributed by atoms with van der Waals surface area (Å²) < 4.78 is 17.9. The van der Waals surface area contributed by atoms with Crippen LogP contribution in [0, 0.1) is 0 Å². The summed E-state index contributed by atoms with van der Waals surface area (Å²) in [5.41, 5.74) is 0.668. The van der Waals surface area contributed by atoms with Gasteiger partial charge >= 0.3 is 0 Å². The molecule has 0 aromatic heterocycles. The van der Waals surface area contributed by atoms with Crippen LogP contribution in [-0.2, 0) is 0 Å². The maximum Gasteiger partial charge on any atom is 0.126 e. The molecule has 78 valence electrons. The van der Waals surface area contributed by atoms with Gasteiger partial charge in [0.2, 0.25) is 0 Å². The Morgan fingerprint density at radius 2 is 2.29 bits per heavy atom. The molecule has 0 aliphatic heterocycles. The van der Waals surface area contributed by atoms with Crippen molar-refractivity contribution >= 4 is 15.9 Å². The average molecular weight is 263 g/mol. The van der Waals surface area contributed by atoms with E-state index in [9.17, 15) is 9.50 Å². The molecule has 0 radical (unpaired) electrons. The van der Waals surface area contributed by atoms with Crippen molar-refractivity contribution in [3.8, 4) is 5.75 Å². The maximum absolute atomic E-state index is 11.9. The maximum atomic E-state index is 11.9. The highest BCUT2D eigenvalue weighted by molar-refractivity contribution is 9.10. The standard InChI is InChI=1S/C10H12BrFO2/c1-7(13)9-3-2-8(11)6-10(9)14-5-4-12/h2-3,6-7,13H,4-5H2,1H3. The molecule has 1 aromatic rings. The van der Waals surface area contributed by atoms with E-state index in [0.29, 0.717) is 11.3 Å². The summed E-state index contributed by atoms with van der Waals surface area (Å²) in [6.07, 6.45) is -0.613. The summed E-state index contributed by atoms with van der Waals surface area (Å²) >= 11 is 3.28. The Kier molecular flexibility index (Phi) is 4.35. The van der Waals surface area contributed by atoms with Gasteiger partial charge in [-0.2, -0.15) is 0 Å². The van der Waals surface area contributed by atoms with Gasteiger partial charge in [0.15, 0.2) is 0 Å². The highest BCUT2D eigenvalue weighted by Gasteiger charge is 2.09. The van der Waals surface area contributed by atoms with Crippen molar-refractivity contribution in [3.63, 3.8) is 0 Å². The number of hydrogen-bond acceptors (Lipinski definition) is 2. The predicted octanol–water partition coefficient (Wildman–Crippen LogP) is 2.85. The lowest BCUT2D eigenvalue weighted by Crippen LogP contribution is -2.03. The van der Waals surface area contributed by atoms with Gasteiger partial charge in [-0.15, -0.1) is 0 Å². The average Bonchev–Trinajstić information content (AvgIpc) is 2.14. The second-order valence-corrected chi connectivity index (χ2v) is 3.81. The number of hydrogen-bond donors (Lipinski definition) is 1. The van der Waals surface area contributed by atoms with Crippen LogP contribution in [0.2, 0.25) is 0 Å². The van der Waals surface area contributed by atoms with Gasteiger partial charge in [0, 0.05) is 10.0 Å². The van der Waals surface area contributed by atoms with Gasteiger partial charge in [0.1, 0.15) is 19.0 Å². The van der Waals surface area contributed by atoms with E-state index in [1.54, 1.807) is 19.1 Å². The third-order valence-electron chi connectivity index (χ3n) is 1.76. The highest BCUT2D eigenvalue weighted by Crippen LogP contribution is 2.28. The number of aliphatic hydroxyl groups is 1. The molecule has 1 atom stereocenters. The Hall–Kier alpha value is -0.610. The minimum atomic E-state index is -0.613. The van der Waals surface area contributed by atoms with Gasteiger partial charge in [-0.05, 0) is 19.1 Å². The van der Waals surface area contributed by atoms with E-state index >= 15 is 0 Å². The van der Waals surface area contributed by atoms with Crippen LogP contribution < -0.4 is 4.74 Å². The fourth-order valence-electron chi connectivity index (χ4n) is 1.13. The van der Waals surface area contributed by atoms with Gasteiger partial charge in [-0.25, -0.2) is 4.39 Å². The summed E-state index contributed by atoms with van der Waals surface area (Å²) in [7, 11) is 0. The van der Waals surface area contributed by atoms with Crippen molar-refractivity contribution in [1.82, 2.24) is 0 Å². The Labute approximate surface area is 90.8 Å². The first-order chi connectivity index (χ1) is 6.65. The van der Waals surface area contributed by atoms with E-state index in [1.807, 2.05) is 6.07 Å². The first-order valence-electron chi connectivity index (χ1n) is 4.31. The van der Waals surface area contributed by atoms with Crippen LogP contribution in [0.25, 0.3) is 0 Å². The number of benzene rings is 1. The van der Waals surface area contributed by atoms with E-state index in [-0.39, 0.29) is 6.61 Å². The zero-order valence-corrected chi connectivity index (χ0v) is 9.42. The molecule has 0 amide bonds. The van der Waals surface area contributed by atoms with Crippen LogP contribution in [0.3, 0.4) is 0 Å². The fraction of sp³-hybridized carbons (Fsp3) is 0.400. The Balaban J connectivity index is 2.91. The topological polar surface area (TPSA) is 29.5 Å². The Morgan fingerprint density at radius 3 is 2.86 bits per heavy atom. The fourth-order valence-corrected chi connectivity index (χ4v) is 1.47.